The molecule has 8 aromatic rings. The first-order valence-electron chi connectivity index (χ1n) is 15.8. The molecule has 0 bridgehead atoms. The lowest BCUT2D eigenvalue weighted by molar-refractivity contribution is 1.07. The van der Waals surface area contributed by atoms with Crippen molar-refractivity contribution in [3.63, 3.8) is 0 Å². The molecule has 224 valence electrons. The van der Waals surface area contributed by atoms with Crippen LogP contribution in [0, 0.1) is 11.3 Å². The molecule has 0 N–H and O–H groups in total. The second-order valence-electron chi connectivity index (χ2n) is 11.6. The SMILES string of the molecule is N#Cc1ccc(-c2nc(-c3ccc(-c4ccccc4)cc3)nc(-c3cccc(-c4ccc5ccccc5c4)c3-c3ccccc3)n2)cc1. The Morgan fingerprint density at radius 1 is 0.354 bits per heavy atom. The summed E-state index contributed by atoms with van der Waals surface area (Å²) in [5.41, 5.74) is 9.80. The number of hydrogen-bond acceptors (Lipinski definition) is 4. The normalized spacial score (nSPS) is 10.9. The van der Waals surface area contributed by atoms with Gasteiger partial charge in [0.25, 0.3) is 0 Å². The highest BCUT2D eigenvalue weighted by atomic mass is 15.0. The van der Waals surface area contributed by atoms with E-state index in [4.69, 9.17) is 15.0 Å². The summed E-state index contributed by atoms with van der Waals surface area (Å²) in [6.07, 6.45) is 0. The van der Waals surface area contributed by atoms with Crippen LogP contribution in [0.15, 0.2) is 170 Å². The summed E-state index contributed by atoms with van der Waals surface area (Å²) in [7, 11) is 0. The average molecular weight is 613 g/mol. The molecular weight excluding hydrogens is 585 g/mol. The van der Waals surface area contributed by atoms with Crippen molar-refractivity contribution in [2.24, 2.45) is 0 Å². The largest absolute Gasteiger partial charge is 0.208 e. The van der Waals surface area contributed by atoms with Gasteiger partial charge in [-0.2, -0.15) is 5.26 Å². The minimum Gasteiger partial charge on any atom is -0.208 e. The number of hydrogen-bond donors (Lipinski definition) is 0. The van der Waals surface area contributed by atoms with Gasteiger partial charge in [-0.25, -0.2) is 15.0 Å². The molecule has 8 rings (SSSR count). The summed E-state index contributed by atoms with van der Waals surface area (Å²) >= 11 is 0. The maximum absolute atomic E-state index is 9.42. The summed E-state index contributed by atoms with van der Waals surface area (Å²) in [6.45, 7) is 0. The summed E-state index contributed by atoms with van der Waals surface area (Å²) in [5, 5.41) is 11.8. The van der Waals surface area contributed by atoms with Crippen molar-refractivity contribution in [1.82, 2.24) is 15.0 Å². The zero-order valence-corrected chi connectivity index (χ0v) is 26.0. The van der Waals surface area contributed by atoms with Crippen molar-refractivity contribution in [3.8, 4) is 73.6 Å². The fraction of sp³-hybridized carbons (Fsp3) is 0. The molecule has 4 nitrogen and oxygen atoms in total. The van der Waals surface area contributed by atoms with E-state index in [1.807, 2.05) is 36.4 Å². The van der Waals surface area contributed by atoms with Crippen LogP contribution in [0.2, 0.25) is 0 Å². The number of aromatic nitrogens is 3. The number of benzene rings is 7. The molecule has 7 aromatic carbocycles. The third kappa shape index (κ3) is 5.62. The van der Waals surface area contributed by atoms with Gasteiger partial charge in [0.2, 0.25) is 0 Å². The maximum atomic E-state index is 9.42. The van der Waals surface area contributed by atoms with Crippen LogP contribution >= 0.6 is 0 Å². The maximum Gasteiger partial charge on any atom is 0.164 e. The first-order chi connectivity index (χ1) is 23.7. The predicted octanol–water partition coefficient (Wildman–Crippen LogP) is 10.9. The second-order valence-corrected chi connectivity index (χ2v) is 11.6. The van der Waals surface area contributed by atoms with Crippen LogP contribution < -0.4 is 0 Å². The Kier molecular flexibility index (Phi) is 7.54. The average Bonchev–Trinajstić information content (AvgIpc) is 3.18. The van der Waals surface area contributed by atoms with Crippen LogP contribution in [0.4, 0.5) is 0 Å². The molecular formula is C44H28N4. The van der Waals surface area contributed by atoms with Gasteiger partial charge in [0.1, 0.15) is 0 Å². The minimum atomic E-state index is 0.543. The molecule has 1 aromatic heterocycles. The van der Waals surface area contributed by atoms with Crippen molar-refractivity contribution >= 4 is 10.8 Å². The molecule has 0 fully saturated rings. The van der Waals surface area contributed by atoms with E-state index in [0.717, 1.165) is 50.1 Å². The first kappa shape index (κ1) is 28.8. The van der Waals surface area contributed by atoms with Crippen molar-refractivity contribution in [2.45, 2.75) is 0 Å². The molecule has 0 radical (unpaired) electrons. The van der Waals surface area contributed by atoms with Gasteiger partial charge in [0, 0.05) is 22.3 Å². The third-order valence-electron chi connectivity index (χ3n) is 8.59. The van der Waals surface area contributed by atoms with Gasteiger partial charge in [-0.05, 0) is 68.9 Å². The lowest BCUT2D eigenvalue weighted by atomic mass is 9.89. The van der Waals surface area contributed by atoms with Crippen LogP contribution in [0.3, 0.4) is 0 Å². The second kappa shape index (κ2) is 12.6. The highest BCUT2D eigenvalue weighted by Gasteiger charge is 2.19. The van der Waals surface area contributed by atoms with Crippen molar-refractivity contribution in [3.05, 3.63) is 175 Å². The van der Waals surface area contributed by atoms with E-state index in [2.05, 4.69) is 127 Å². The van der Waals surface area contributed by atoms with Crippen LogP contribution in [0.5, 0.6) is 0 Å². The summed E-state index contributed by atoms with van der Waals surface area (Å²) < 4.78 is 0. The quantitative estimate of drug-likeness (QED) is 0.187. The molecule has 1 heterocycles. The van der Waals surface area contributed by atoms with E-state index in [1.165, 1.54) is 10.8 Å². The predicted molar refractivity (Wildman–Crippen MR) is 195 cm³/mol. The topological polar surface area (TPSA) is 62.5 Å². The zero-order valence-electron chi connectivity index (χ0n) is 26.0. The Bertz CT molecular complexity index is 2430. The van der Waals surface area contributed by atoms with E-state index in [1.54, 1.807) is 12.1 Å². The zero-order chi connectivity index (χ0) is 32.3. The van der Waals surface area contributed by atoms with Crippen molar-refractivity contribution < 1.29 is 0 Å². The minimum absolute atomic E-state index is 0.543. The monoisotopic (exact) mass is 612 g/mol. The lowest BCUT2D eigenvalue weighted by Crippen LogP contribution is -2.02. The summed E-state index contributed by atoms with van der Waals surface area (Å²) in [4.78, 5) is 15.2. The molecule has 4 heteroatoms. The van der Waals surface area contributed by atoms with E-state index < -0.39 is 0 Å². The fourth-order valence-electron chi connectivity index (χ4n) is 6.14. The van der Waals surface area contributed by atoms with Crippen LogP contribution in [0.25, 0.3) is 78.3 Å². The Morgan fingerprint density at radius 2 is 0.854 bits per heavy atom. The van der Waals surface area contributed by atoms with Crippen LogP contribution in [-0.4, -0.2) is 15.0 Å². The molecule has 0 aliphatic rings. The highest BCUT2D eigenvalue weighted by molar-refractivity contribution is 5.96. The van der Waals surface area contributed by atoms with Gasteiger partial charge < -0.3 is 0 Å². The number of nitrogens with zero attached hydrogens (tertiary/aromatic N) is 4. The molecule has 0 unspecified atom stereocenters. The highest BCUT2D eigenvalue weighted by Crippen LogP contribution is 2.40. The Hall–Kier alpha value is -6.70. The first-order valence-corrected chi connectivity index (χ1v) is 15.8. The molecule has 0 atom stereocenters. The molecule has 0 amide bonds. The van der Waals surface area contributed by atoms with Gasteiger partial charge in [0.05, 0.1) is 11.6 Å². The van der Waals surface area contributed by atoms with Crippen molar-refractivity contribution in [1.29, 1.82) is 5.26 Å². The standard InChI is InChI=1S/C44H28N4/c45-29-30-18-20-35(21-19-30)42-46-43(36-25-22-33(23-26-36)31-10-3-1-4-11-31)48-44(47-42)40-17-9-16-39(41(40)34-13-5-2-6-14-34)38-27-24-32-12-7-8-15-37(32)28-38/h1-28H. The summed E-state index contributed by atoms with van der Waals surface area (Å²) in [6, 6.07) is 60.0. The van der Waals surface area contributed by atoms with Gasteiger partial charge in [0.15, 0.2) is 17.5 Å². The third-order valence-corrected chi connectivity index (χ3v) is 8.59. The number of rotatable bonds is 6. The van der Waals surface area contributed by atoms with Crippen LogP contribution in [-0.2, 0) is 0 Å². The molecule has 0 spiro atoms. The Balaban J connectivity index is 1.34. The van der Waals surface area contributed by atoms with Gasteiger partial charge in [-0.3, -0.25) is 0 Å². The molecule has 0 aliphatic carbocycles. The smallest absolute Gasteiger partial charge is 0.164 e. The molecule has 0 aliphatic heterocycles. The lowest BCUT2D eigenvalue weighted by Gasteiger charge is -2.17. The van der Waals surface area contributed by atoms with E-state index in [9.17, 15) is 5.26 Å². The Morgan fingerprint density at radius 3 is 1.52 bits per heavy atom. The van der Waals surface area contributed by atoms with Gasteiger partial charge >= 0.3 is 0 Å². The molecule has 0 saturated heterocycles. The number of nitriles is 1. The van der Waals surface area contributed by atoms with E-state index in [-0.39, 0.29) is 0 Å². The van der Waals surface area contributed by atoms with E-state index in [0.29, 0.717) is 23.0 Å². The molecule has 0 saturated carbocycles. The van der Waals surface area contributed by atoms with Gasteiger partial charge in [-0.15, -0.1) is 0 Å². The van der Waals surface area contributed by atoms with E-state index >= 15 is 0 Å². The summed E-state index contributed by atoms with van der Waals surface area (Å²) in [5.74, 6) is 1.70. The Labute approximate surface area is 279 Å². The van der Waals surface area contributed by atoms with Crippen molar-refractivity contribution in [2.75, 3.05) is 0 Å². The fourth-order valence-corrected chi connectivity index (χ4v) is 6.14. The number of fused-ring (bicyclic) bond motifs is 1. The molecule has 48 heavy (non-hydrogen) atoms. The van der Waals surface area contributed by atoms with Crippen LogP contribution in [0.1, 0.15) is 5.56 Å². The van der Waals surface area contributed by atoms with Gasteiger partial charge in [-0.1, -0.05) is 140 Å².